The quantitative estimate of drug-likeness (QED) is 0.654. The molecular weight excluding hydrogens is 239 g/mol. The molecular formula is C16H9FN2. The number of aromatic nitrogens is 1. The van der Waals surface area contributed by atoms with Crippen molar-refractivity contribution in [1.29, 1.82) is 5.26 Å². The zero-order chi connectivity index (χ0) is 13.2. The first-order valence-electron chi connectivity index (χ1n) is 5.84. The molecule has 1 heterocycles. The average molecular weight is 248 g/mol. The molecule has 0 bridgehead atoms. The second kappa shape index (κ2) is 4.51. The van der Waals surface area contributed by atoms with Gasteiger partial charge in [-0.25, -0.2) is 4.39 Å². The highest BCUT2D eigenvalue weighted by atomic mass is 19.1. The van der Waals surface area contributed by atoms with Crippen molar-refractivity contribution in [3.63, 3.8) is 0 Å². The Morgan fingerprint density at radius 1 is 0.947 bits per heavy atom. The van der Waals surface area contributed by atoms with Crippen LogP contribution in [0.2, 0.25) is 0 Å². The van der Waals surface area contributed by atoms with Crippen molar-refractivity contribution in [3.8, 4) is 17.2 Å². The van der Waals surface area contributed by atoms with E-state index in [0.717, 1.165) is 16.5 Å². The van der Waals surface area contributed by atoms with Gasteiger partial charge in [0.2, 0.25) is 0 Å². The standard InChI is InChI=1S/C16H9FN2/c17-15-7-1-4-12(14(15)10-18)11-5-2-8-16-13(11)6-3-9-19-16/h1-9H. The predicted molar refractivity (Wildman–Crippen MR) is 71.9 cm³/mol. The van der Waals surface area contributed by atoms with E-state index in [0.29, 0.717) is 5.56 Å². The van der Waals surface area contributed by atoms with E-state index in [-0.39, 0.29) is 5.56 Å². The summed E-state index contributed by atoms with van der Waals surface area (Å²) in [6.45, 7) is 0. The van der Waals surface area contributed by atoms with Gasteiger partial charge in [-0.1, -0.05) is 30.3 Å². The first-order valence-corrected chi connectivity index (χ1v) is 5.84. The van der Waals surface area contributed by atoms with Crippen LogP contribution in [-0.2, 0) is 0 Å². The van der Waals surface area contributed by atoms with Crippen molar-refractivity contribution in [2.75, 3.05) is 0 Å². The number of nitriles is 1. The molecule has 3 aromatic rings. The monoisotopic (exact) mass is 248 g/mol. The Labute approximate surface area is 109 Å². The number of hydrogen-bond acceptors (Lipinski definition) is 2. The molecule has 2 nitrogen and oxygen atoms in total. The summed E-state index contributed by atoms with van der Waals surface area (Å²) in [6.07, 6.45) is 1.71. The molecule has 0 N–H and O–H groups in total. The molecule has 0 saturated carbocycles. The maximum Gasteiger partial charge on any atom is 0.141 e. The molecule has 3 heteroatoms. The Morgan fingerprint density at radius 3 is 2.58 bits per heavy atom. The first-order chi connectivity index (χ1) is 9.31. The maximum atomic E-state index is 13.7. The lowest BCUT2D eigenvalue weighted by molar-refractivity contribution is 0.624. The van der Waals surface area contributed by atoms with Gasteiger partial charge in [-0.2, -0.15) is 5.26 Å². The smallest absolute Gasteiger partial charge is 0.141 e. The molecule has 0 saturated heterocycles. The Kier molecular flexibility index (Phi) is 2.70. The van der Waals surface area contributed by atoms with Crippen molar-refractivity contribution in [2.24, 2.45) is 0 Å². The summed E-state index contributed by atoms with van der Waals surface area (Å²) in [6, 6.07) is 16.0. The molecule has 0 atom stereocenters. The summed E-state index contributed by atoms with van der Waals surface area (Å²) in [7, 11) is 0. The third kappa shape index (κ3) is 1.84. The molecule has 2 aromatic carbocycles. The molecule has 0 fully saturated rings. The summed E-state index contributed by atoms with van der Waals surface area (Å²) in [5, 5.41) is 10.0. The zero-order valence-corrected chi connectivity index (χ0v) is 9.97. The third-order valence-electron chi connectivity index (χ3n) is 3.06. The van der Waals surface area contributed by atoms with E-state index < -0.39 is 5.82 Å². The second-order valence-corrected chi connectivity index (χ2v) is 4.15. The van der Waals surface area contributed by atoms with Gasteiger partial charge in [0, 0.05) is 17.1 Å². The topological polar surface area (TPSA) is 36.7 Å². The number of hydrogen-bond donors (Lipinski definition) is 0. The molecule has 0 spiro atoms. The van der Waals surface area contributed by atoms with Crippen molar-refractivity contribution in [2.45, 2.75) is 0 Å². The molecule has 90 valence electrons. The van der Waals surface area contributed by atoms with Crippen molar-refractivity contribution in [1.82, 2.24) is 4.98 Å². The maximum absolute atomic E-state index is 13.7. The fourth-order valence-electron chi connectivity index (χ4n) is 2.20. The van der Waals surface area contributed by atoms with E-state index in [9.17, 15) is 4.39 Å². The highest BCUT2D eigenvalue weighted by molar-refractivity contribution is 5.95. The highest BCUT2D eigenvalue weighted by Crippen LogP contribution is 2.30. The third-order valence-corrected chi connectivity index (χ3v) is 3.06. The van der Waals surface area contributed by atoms with E-state index in [4.69, 9.17) is 5.26 Å². The zero-order valence-electron chi connectivity index (χ0n) is 9.97. The lowest BCUT2D eigenvalue weighted by Gasteiger charge is -2.08. The molecule has 0 radical (unpaired) electrons. The first kappa shape index (κ1) is 11.4. The van der Waals surface area contributed by atoms with Gasteiger partial charge < -0.3 is 0 Å². The average Bonchev–Trinajstić information content (AvgIpc) is 2.46. The van der Waals surface area contributed by atoms with E-state index in [1.54, 1.807) is 18.3 Å². The summed E-state index contributed by atoms with van der Waals surface area (Å²) >= 11 is 0. The van der Waals surface area contributed by atoms with Crippen molar-refractivity contribution >= 4 is 10.9 Å². The van der Waals surface area contributed by atoms with Crippen LogP contribution in [0.5, 0.6) is 0 Å². The lowest BCUT2D eigenvalue weighted by atomic mass is 9.96. The Bertz CT molecular complexity index is 798. The largest absolute Gasteiger partial charge is 0.256 e. The minimum atomic E-state index is -0.499. The van der Waals surface area contributed by atoms with Crippen LogP contribution in [0.4, 0.5) is 4.39 Å². The number of fused-ring (bicyclic) bond motifs is 1. The summed E-state index contributed by atoms with van der Waals surface area (Å²) in [5.41, 5.74) is 2.31. The van der Waals surface area contributed by atoms with E-state index in [2.05, 4.69) is 4.98 Å². The van der Waals surface area contributed by atoms with Crippen LogP contribution in [0, 0.1) is 17.1 Å². The number of benzene rings is 2. The van der Waals surface area contributed by atoms with Gasteiger partial charge in [0.1, 0.15) is 11.9 Å². The molecule has 1 aromatic heterocycles. The van der Waals surface area contributed by atoms with Gasteiger partial charge in [-0.3, -0.25) is 4.98 Å². The minimum Gasteiger partial charge on any atom is -0.256 e. The number of halogens is 1. The van der Waals surface area contributed by atoms with E-state index >= 15 is 0 Å². The van der Waals surface area contributed by atoms with Crippen LogP contribution in [0.25, 0.3) is 22.0 Å². The Morgan fingerprint density at radius 2 is 1.74 bits per heavy atom. The van der Waals surface area contributed by atoms with Gasteiger partial charge in [0.05, 0.1) is 11.1 Å². The Balaban J connectivity index is 2.38. The van der Waals surface area contributed by atoms with Gasteiger partial charge >= 0.3 is 0 Å². The van der Waals surface area contributed by atoms with E-state index in [1.165, 1.54) is 6.07 Å². The second-order valence-electron chi connectivity index (χ2n) is 4.15. The highest BCUT2D eigenvalue weighted by Gasteiger charge is 2.12. The number of nitrogens with zero attached hydrogens (tertiary/aromatic N) is 2. The fraction of sp³-hybridized carbons (Fsp3) is 0. The van der Waals surface area contributed by atoms with Crippen LogP contribution in [0.3, 0.4) is 0 Å². The SMILES string of the molecule is N#Cc1c(F)cccc1-c1cccc2ncccc12. The Hall–Kier alpha value is -2.73. The molecule has 0 aliphatic heterocycles. The lowest BCUT2D eigenvalue weighted by Crippen LogP contribution is -1.90. The van der Waals surface area contributed by atoms with E-state index in [1.807, 2.05) is 36.4 Å². The van der Waals surface area contributed by atoms with Crippen LogP contribution < -0.4 is 0 Å². The molecule has 19 heavy (non-hydrogen) atoms. The predicted octanol–water partition coefficient (Wildman–Crippen LogP) is 3.91. The molecule has 0 aliphatic carbocycles. The summed E-state index contributed by atoms with van der Waals surface area (Å²) in [4.78, 5) is 4.27. The van der Waals surface area contributed by atoms with Gasteiger partial charge in [-0.15, -0.1) is 0 Å². The number of pyridine rings is 1. The van der Waals surface area contributed by atoms with Gasteiger partial charge in [-0.05, 0) is 23.8 Å². The number of rotatable bonds is 1. The van der Waals surface area contributed by atoms with Gasteiger partial charge in [0.25, 0.3) is 0 Å². The fourth-order valence-corrected chi connectivity index (χ4v) is 2.20. The normalized spacial score (nSPS) is 10.3. The van der Waals surface area contributed by atoms with Crippen LogP contribution >= 0.6 is 0 Å². The van der Waals surface area contributed by atoms with Crippen LogP contribution in [-0.4, -0.2) is 4.98 Å². The molecule has 0 aliphatic rings. The summed E-state index contributed by atoms with van der Waals surface area (Å²) in [5.74, 6) is -0.499. The summed E-state index contributed by atoms with van der Waals surface area (Å²) < 4.78 is 13.7. The minimum absolute atomic E-state index is 0.0684. The van der Waals surface area contributed by atoms with Crippen LogP contribution in [0.1, 0.15) is 5.56 Å². The molecule has 3 rings (SSSR count). The molecule has 0 unspecified atom stereocenters. The van der Waals surface area contributed by atoms with Gasteiger partial charge in [0.15, 0.2) is 0 Å². The van der Waals surface area contributed by atoms with Crippen molar-refractivity contribution in [3.05, 3.63) is 66.1 Å². The van der Waals surface area contributed by atoms with Crippen LogP contribution in [0.15, 0.2) is 54.7 Å². The van der Waals surface area contributed by atoms with Crippen molar-refractivity contribution < 1.29 is 4.39 Å². The molecule has 0 amide bonds.